The van der Waals surface area contributed by atoms with E-state index in [2.05, 4.69) is 16.8 Å². The number of nitrogens with one attached hydrogen (secondary N) is 1. The molecule has 0 radical (unpaired) electrons. The first-order valence-corrected chi connectivity index (χ1v) is 4.99. The van der Waals surface area contributed by atoms with Crippen molar-refractivity contribution in [3.8, 4) is 0 Å². The van der Waals surface area contributed by atoms with Gasteiger partial charge in [-0.05, 0) is 20.0 Å². The first-order valence-electron chi connectivity index (χ1n) is 4.99. The average Bonchev–Trinajstić information content (AvgIpc) is 2.19. The van der Waals surface area contributed by atoms with Crippen molar-refractivity contribution in [2.75, 3.05) is 13.1 Å². The summed E-state index contributed by atoms with van der Waals surface area (Å²) in [5.74, 6) is -0.0545. The molecule has 0 aromatic heterocycles. The molecule has 1 amide bonds. The van der Waals surface area contributed by atoms with Gasteiger partial charge in [-0.3, -0.25) is 9.69 Å². The summed E-state index contributed by atoms with van der Waals surface area (Å²) in [6.45, 7) is 11.1. The molecule has 14 heavy (non-hydrogen) atoms. The molecule has 1 unspecified atom stereocenters. The highest BCUT2D eigenvalue weighted by Gasteiger charge is 2.18. The Balaban J connectivity index is 4.16. The molecule has 4 heteroatoms. The van der Waals surface area contributed by atoms with Gasteiger partial charge >= 0.3 is 0 Å². The Morgan fingerprint density at radius 2 is 2.07 bits per heavy atom. The number of carbonyl (C=O) groups excluding carboxylic acids is 1. The van der Waals surface area contributed by atoms with Crippen molar-refractivity contribution < 1.29 is 4.79 Å². The van der Waals surface area contributed by atoms with Crippen LogP contribution in [0, 0.1) is 0 Å². The Hall–Kier alpha value is -0.870. The van der Waals surface area contributed by atoms with Gasteiger partial charge in [0, 0.05) is 0 Å². The average molecular weight is 199 g/mol. The Labute approximate surface area is 86.1 Å². The first kappa shape index (κ1) is 13.1. The molecule has 0 aliphatic rings. The molecule has 0 bridgehead atoms. The van der Waals surface area contributed by atoms with E-state index in [0.717, 1.165) is 13.1 Å². The molecular weight excluding hydrogens is 178 g/mol. The maximum absolute atomic E-state index is 11.6. The number of rotatable bonds is 6. The minimum absolute atomic E-state index is 0.0545. The molecule has 0 aromatic rings. The maximum atomic E-state index is 11.6. The van der Waals surface area contributed by atoms with Crippen LogP contribution < -0.4 is 11.1 Å². The number of hydrogen-bond acceptors (Lipinski definition) is 3. The van der Waals surface area contributed by atoms with Crippen LogP contribution in [0.2, 0.25) is 0 Å². The Morgan fingerprint density at radius 1 is 1.57 bits per heavy atom. The summed E-state index contributed by atoms with van der Waals surface area (Å²) < 4.78 is 0. The maximum Gasteiger partial charge on any atom is 0.238 e. The van der Waals surface area contributed by atoms with Crippen LogP contribution in [0.25, 0.3) is 0 Å². The largest absolute Gasteiger partial charge is 0.336 e. The summed E-state index contributed by atoms with van der Waals surface area (Å²) in [7, 11) is 0. The molecule has 0 saturated carbocycles. The molecule has 0 fully saturated rings. The highest BCUT2D eigenvalue weighted by atomic mass is 16.2. The van der Waals surface area contributed by atoms with Crippen LogP contribution >= 0.6 is 0 Å². The summed E-state index contributed by atoms with van der Waals surface area (Å²) >= 11 is 0. The molecular formula is C10H21N3O. The Morgan fingerprint density at radius 3 is 2.43 bits per heavy atom. The van der Waals surface area contributed by atoms with Crippen LogP contribution in [0.4, 0.5) is 0 Å². The lowest BCUT2D eigenvalue weighted by molar-refractivity contribution is -0.126. The highest BCUT2D eigenvalue weighted by molar-refractivity contribution is 5.81. The van der Waals surface area contributed by atoms with E-state index in [9.17, 15) is 4.79 Å². The molecule has 0 aromatic carbocycles. The van der Waals surface area contributed by atoms with E-state index in [1.165, 1.54) is 6.08 Å². The Kier molecular flexibility index (Phi) is 6.16. The molecule has 4 nitrogen and oxygen atoms in total. The number of hydrogen-bond donors (Lipinski definition) is 2. The second kappa shape index (κ2) is 6.56. The quantitative estimate of drug-likeness (QED) is 0.478. The number of nitrogens with two attached hydrogens (primary N) is 1. The fourth-order valence-corrected chi connectivity index (χ4v) is 1.28. The van der Waals surface area contributed by atoms with Crippen molar-refractivity contribution in [3.05, 3.63) is 12.7 Å². The van der Waals surface area contributed by atoms with Gasteiger partial charge < -0.3 is 11.1 Å². The summed E-state index contributed by atoms with van der Waals surface area (Å²) in [6.07, 6.45) is 1.05. The fraction of sp³-hybridized carbons (Fsp3) is 0.700. The van der Waals surface area contributed by atoms with Gasteiger partial charge in [-0.15, -0.1) is 0 Å². The molecule has 0 saturated heterocycles. The van der Waals surface area contributed by atoms with Gasteiger partial charge in [0.2, 0.25) is 5.91 Å². The summed E-state index contributed by atoms with van der Waals surface area (Å²) in [4.78, 5) is 13.7. The monoisotopic (exact) mass is 199 g/mol. The van der Waals surface area contributed by atoms with Gasteiger partial charge in [0.1, 0.15) is 0 Å². The predicted octanol–water partition coefficient (Wildman–Crippen LogP) is 0.304. The molecule has 0 heterocycles. The van der Waals surface area contributed by atoms with Gasteiger partial charge in [0.05, 0.1) is 12.2 Å². The van der Waals surface area contributed by atoms with Crippen molar-refractivity contribution in [2.45, 2.75) is 33.0 Å². The van der Waals surface area contributed by atoms with Crippen LogP contribution in [0.3, 0.4) is 0 Å². The number of carbonyl (C=O) groups is 1. The van der Waals surface area contributed by atoms with E-state index in [1.54, 1.807) is 0 Å². The lowest BCUT2D eigenvalue weighted by atomic mass is 10.2. The second-order valence-corrected chi connectivity index (χ2v) is 3.17. The van der Waals surface area contributed by atoms with Crippen LogP contribution in [-0.2, 0) is 4.79 Å². The number of likely N-dealkylation sites (N-methyl/N-ethyl adjacent to an activating group) is 1. The molecule has 82 valence electrons. The van der Waals surface area contributed by atoms with Crippen molar-refractivity contribution in [2.24, 2.45) is 5.73 Å². The van der Waals surface area contributed by atoms with Gasteiger partial charge in [0.25, 0.3) is 0 Å². The topological polar surface area (TPSA) is 58.4 Å². The minimum atomic E-state index is -0.458. The first-order chi connectivity index (χ1) is 6.56. The van der Waals surface area contributed by atoms with E-state index in [4.69, 9.17) is 5.73 Å². The fourth-order valence-electron chi connectivity index (χ4n) is 1.28. The van der Waals surface area contributed by atoms with Crippen molar-refractivity contribution in [1.29, 1.82) is 0 Å². The zero-order valence-corrected chi connectivity index (χ0v) is 9.29. The van der Waals surface area contributed by atoms with Gasteiger partial charge in [-0.2, -0.15) is 0 Å². The molecule has 0 rings (SSSR count). The van der Waals surface area contributed by atoms with Gasteiger partial charge in [0.15, 0.2) is 0 Å². The summed E-state index contributed by atoms with van der Waals surface area (Å²) in [5.41, 5.74) is 5.53. The van der Waals surface area contributed by atoms with E-state index < -0.39 is 6.17 Å². The van der Waals surface area contributed by atoms with Crippen LogP contribution in [0.1, 0.15) is 20.8 Å². The molecule has 0 aliphatic heterocycles. The van der Waals surface area contributed by atoms with E-state index >= 15 is 0 Å². The SMILES string of the molecule is C=CC(N)NC(=O)[C@H](C)N(CC)CC. The normalized spacial score (nSPS) is 14.9. The smallest absolute Gasteiger partial charge is 0.238 e. The zero-order chi connectivity index (χ0) is 11.1. The highest BCUT2D eigenvalue weighted by Crippen LogP contribution is 1.98. The number of nitrogens with zero attached hydrogens (tertiary/aromatic N) is 1. The molecule has 0 spiro atoms. The van der Waals surface area contributed by atoms with Crippen molar-refractivity contribution in [3.63, 3.8) is 0 Å². The summed E-state index contributed by atoms with van der Waals surface area (Å²) in [6, 6.07) is -0.143. The van der Waals surface area contributed by atoms with Crippen LogP contribution in [-0.4, -0.2) is 36.1 Å². The molecule has 3 N–H and O–H groups in total. The zero-order valence-electron chi connectivity index (χ0n) is 9.29. The molecule has 0 aliphatic carbocycles. The standard InChI is InChI=1S/C10H21N3O/c1-5-9(11)12-10(14)8(4)13(6-2)7-3/h5,8-9H,1,6-7,11H2,2-4H3,(H,12,14)/t8-,9?/m0/s1. The third-order valence-corrected chi connectivity index (χ3v) is 2.30. The van der Waals surface area contributed by atoms with Crippen molar-refractivity contribution >= 4 is 5.91 Å². The minimum Gasteiger partial charge on any atom is -0.336 e. The number of amides is 1. The van der Waals surface area contributed by atoms with E-state index in [0.29, 0.717) is 0 Å². The van der Waals surface area contributed by atoms with Crippen LogP contribution in [0.15, 0.2) is 12.7 Å². The van der Waals surface area contributed by atoms with Crippen LogP contribution in [0.5, 0.6) is 0 Å². The Bertz CT molecular complexity index is 190. The van der Waals surface area contributed by atoms with E-state index in [1.807, 2.05) is 20.8 Å². The predicted molar refractivity (Wildman–Crippen MR) is 58.7 cm³/mol. The van der Waals surface area contributed by atoms with Gasteiger partial charge in [-0.1, -0.05) is 26.5 Å². The lowest BCUT2D eigenvalue weighted by Crippen LogP contribution is -2.50. The molecule has 2 atom stereocenters. The van der Waals surface area contributed by atoms with E-state index in [-0.39, 0.29) is 11.9 Å². The third kappa shape index (κ3) is 3.89. The summed E-state index contributed by atoms with van der Waals surface area (Å²) in [5, 5.41) is 2.66. The van der Waals surface area contributed by atoms with Crippen molar-refractivity contribution in [1.82, 2.24) is 10.2 Å². The third-order valence-electron chi connectivity index (χ3n) is 2.30. The second-order valence-electron chi connectivity index (χ2n) is 3.17. The lowest BCUT2D eigenvalue weighted by Gasteiger charge is -2.26. The van der Waals surface area contributed by atoms with Gasteiger partial charge in [-0.25, -0.2) is 0 Å².